The third-order valence-electron chi connectivity index (χ3n) is 5.47. The lowest BCUT2D eigenvalue weighted by Gasteiger charge is -2.28. The number of methoxy groups -OCH3 is 1. The summed E-state index contributed by atoms with van der Waals surface area (Å²) < 4.78 is 5.85. The van der Waals surface area contributed by atoms with Crippen LogP contribution in [-0.4, -0.2) is 19.4 Å². The van der Waals surface area contributed by atoms with E-state index in [0.29, 0.717) is 12.0 Å². The number of ether oxygens (including phenoxy) is 1. The predicted octanol–water partition coefficient (Wildman–Crippen LogP) is 6.29. The molecule has 1 aromatic carbocycles. The summed E-state index contributed by atoms with van der Waals surface area (Å²) >= 11 is 0. The molecule has 1 aromatic rings. The molecule has 0 saturated heterocycles. The molecular weight excluding hydrogens is 306 g/mol. The highest BCUT2D eigenvalue weighted by Crippen LogP contribution is 2.38. The van der Waals surface area contributed by atoms with E-state index in [-0.39, 0.29) is 10.8 Å². The molecule has 0 bridgehead atoms. The molecule has 0 heterocycles. The van der Waals surface area contributed by atoms with E-state index in [4.69, 9.17) is 9.73 Å². The third kappa shape index (κ3) is 4.86. The number of rotatable bonds is 3. The summed E-state index contributed by atoms with van der Waals surface area (Å²) in [6.07, 6.45) is 7.25. The lowest BCUT2D eigenvalue weighted by atomic mass is 9.79. The number of hydrogen-bond acceptors (Lipinski definition) is 2. The van der Waals surface area contributed by atoms with Crippen LogP contribution >= 0.6 is 0 Å². The molecule has 0 amide bonds. The zero-order chi connectivity index (χ0) is 18.8. The van der Waals surface area contributed by atoms with Crippen LogP contribution in [0.4, 0.5) is 0 Å². The molecule has 1 fully saturated rings. The molecule has 0 radical (unpaired) electrons. The van der Waals surface area contributed by atoms with Gasteiger partial charge in [0.25, 0.3) is 0 Å². The van der Waals surface area contributed by atoms with Crippen molar-refractivity contribution in [1.29, 1.82) is 0 Å². The van der Waals surface area contributed by atoms with Gasteiger partial charge in [-0.3, -0.25) is 4.99 Å². The Labute approximate surface area is 155 Å². The molecule has 25 heavy (non-hydrogen) atoms. The Kier molecular flexibility index (Phi) is 6.01. The molecule has 0 aromatic heterocycles. The summed E-state index contributed by atoms with van der Waals surface area (Å²) in [4.78, 5) is 4.98. The topological polar surface area (TPSA) is 21.6 Å². The zero-order valence-electron chi connectivity index (χ0n) is 17.6. The maximum atomic E-state index is 5.85. The van der Waals surface area contributed by atoms with E-state index in [0.717, 1.165) is 11.3 Å². The van der Waals surface area contributed by atoms with E-state index in [1.807, 2.05) is 0 Å². The molecule has 0 spiro atoms. The van der Waals surface area contributed by atoms with Gasteiger partial charge in [0.15, 0.2) is 0 Å². The fraction of sp³-hybridized carbons (Fsp3) is 0.696. The van der Waals surface area contributed by atoms with E-state index in [9.17, 15) is 0 Å². The summed E-state index contributed by atoms with van der Waals surface area (Å²) in [6.45, 7) is 15.9. The van der Waals surface area contributed by atoms with Crippen molar-refractivity contribution in [2.24, 2.45) is 10.9 Å². The number of benzene rings is 1. The predicted molar refractivity (Wildman–Crippen MR) is 109 cm³/mol. The Hall–Kier alpha value is -1.31. The SMILES string of the molecule is COc1c(C=NC2CCCCC2C)cc(C(C)(C)C)cc1C(C)(C)C. The van der Waals surface area contributed by atoms with Crippen LogP contribution in [0.1, 0.15) is 90.8 Å². The van der Waals surface area contributed by atoms with Crippen LogP contribution < -0.4 is 4.74 Å². The van der Waals surface area contributed by atoms with Gasteiger partial charge in [-0.2, -0.15) is 0 Å². The van der Waals surface area contributed by atoms with Gasteiger partial charge in [0.1, 0.15) is 5.75 Å². The van der Waals surface area contributed by atoms with Crippen molar-refractivity contribution in [1.82, 2.24) is 0 Å². The highest BCUT2D eigenvalue weighted by atomic mass is 16.5. The largest absolute Gasteiger partial charge is 0.496 e. The highest BCUT2D eigenvalue weighted by molar-refractivity contribution is 5.85. The second kappa shape index (κ2) is 7.51. The molecule has 0 N–H and O–H groups in total. The van der Waals surface area contributed by atoms with Gasteiger partial charge in [-0.25, -0.2) is 0 Å². The molecular formula is C23H37NO. The van der Waals surface area contributed by atoms with Crippen molar-refractivity contribution >= 4 is 6.21 Å². The summed E-state index contributed by atoms with van der Waals surface area (Å²) in [5.74, 6) is 1.66. The lowest BCUT2D eigenvalue weighted by molar-refractivity contribution is 0.333. The number of nitrogens with zero attached hydrogens (tertiary/aromatic N) is 1. The third-order valence-corrected chi connectivity index (χ3v) is 5.47. The minimum Gasteiger partial charge on any atom is -0.496 e. The van der Waals surface area contributed by atoms with Crippen molar-refractivity contribution in [3.05, 3.63) is 28.8 Å². The van der Waals surface area contributed by atoms with E-state index in [1.165, 1.54) is 36.8 Å². The number of aliphatic imine (C=N–C) groups is 1. The van der Waals surface area contributed by atoms with Crippen LogP contribution in [-0.2, 0) is 10.8 Å². The van der Waals surface area contributed by atoms with E-state index < -0.39 is 0 Å². The molecule has 2 atom stereocenters. The minimum absolute atomic E-state index is 0.0350. The average molecular weight is 344 g/mol. The summed E-state index contributed by atoms with van der Waals surface area (Å²) in [7, 11) is 1.78. The monoisotopic (exact) mass is 343 g/mol. The minimum atomic E-state index is 0.0350. The van der Waals surface area contributed by atoms with Gasteiger partial charge in [0.05, 0.1) is 13.2 Å². The highest BCUT2D eigenvalue weighted by Gasteiger charge is 2.26. The second-order valence-corrected chi connectivity index (χ2v) is 9.75. The van der Waals surface area contributed by atoms with Crippen molar-refractivity contribution in [2.45, 2.75) is 91.0 Å². The maximum Gasteiger partial charge on any atom is 0.131 e. The summed E-state index contributed by atoms with van der Waals surface area (Å²) in [5.41, 5.74) is 3.87. The first-order chi connectivity index (χ1) is 11.5. The van der Waals surface area contributed by atoms with Gasteiger partial charge in [0.2, 0.25) is 0 Å². The summed E-state index contributed by atoms with van der Waals surface area (Å²) in [5, 5.41) is 0. The van der Waals surface area contributed by atoms with Gasteiger partial charge in [0, 0.05) is 17.3 Å². The van der Waals surface area contributed by atoms with Crippen molar-refractivity contribution in [3.63, 3.8) is 0 Å². The zero-order valence-corrected chi connectivity index (χ0v) is 17.6. The van der Waals surface area contributed by atoms with Crippen LogP contribution in [0, 0.1) is 5.92 Å². The van der Waals surface area contributed by atoms with Crippen molar-refractivity contribution in [2.75, 3.05) is 7.11 Å². The van der Waals surface area contributed by atoms with Crippen LogP contribution in [0.25, 0.3) is 0 Å². The fourth-order valence-corrected chi connectivity index (χ4v) is 3.66. The van der Waals surface area contributed by atoms with Crippen LogP contribution in [0.2, 0.25) is 0 Å². The van der Waals surface area contributed by atoms with Gasteiger partial charge in [-0.1, -0.05) is 67.4 Å². The fourth-order valence-electron chi connectivity index (χ4n) is 3.66. The van der Waals surface area contributed by atoms with Crippen LogP contribution in [0.3, 0.4) is 0 Å². The lowest BCUT2D eigenvalue weighted by Crippen LogP contribution is -2.21. The van der Waals surface area contributed by atoms with Gasteiger partial charge < -0.3 is 4.74 Å². The Balaban J connectivity index is 2.51. The molecule has 1 saturated carbocycles. The summed E-state index contributed by atoms with van der Waals surface area (Å²) in [6, 6.07) is 5.04. The number of hydrogen-bond donors (Lipinski definition) is 0. The molecule has 0 aliphatic heterocycles. The van der Waals surface area contributed by atoms with Crippen molar-refractivity contribution in [3.8, 4) is 5.75 Å². The molecule has 2 unspecified atom stereocenters. The molecule has 1 aliphatic rings. The molecule has 2 nitrogen and oxygen atoms in total. The van der Waals surface area contributed by atoms with Gasteiger partial charge in [-0.05, 0) is 41.2 Å². The van der Waals surface area contributed by atoms with Gasteiger partial charge >= 0.3 is 0 Å². The van der Waals surface area contributed by atoms with Crippen molar-refractivity contribution < 1.29 is 4.74 Å². The Morgan fingerprint density at radius 3 is 2.16 bits per heavy atom. The molecule has 2 rings (SSSR count). The van der Waals surface area contributed by atoms with Crippen LogP contribution in [0.15, 0.2) is 17.1 Å². The first-order valence-electron chi connectivity index (χ1n) is 9.80. The first-order valence-corrected chi connectivity index (χ1v) is 9.80. The maximum absolute atomic E-state index is 5.85. The molecule has 140 valence electrons. The first kappa shape index (κ1) is 20.0. The van der Waals surface area contributed by atoms with E-state index in [2.05, 4.69) is 66.8 Å². The van der Waals surface area contributed by atoms with Crippen LogP contribution in [0.5, 0.6) is 5.75 Å². The van der Waals surface area contributed by atoms with E-state index >= 15 is 0 Å². The van der Waals surface area contributed by atoms with E-state index in [1.54, 1.807) is 7.11 Å². The quantitative estimate of drug-likeness (QED) is 0.591. The molecule has 2 heteroatoms. The molecule has 1 aliphatic carbocycles. The normalized spacial score (nSPS) is 22.4. The van der Waals surface area contributed by atoms with Gasteiger partial charge in [-0.15, -0.1) is 0 Å². The average Bonchev–Trinajstić information content (AvgIpc) is 2.51. The smallest absolute Gasteiger partial charge is 0.131 e. The second-order valence-electron chi connectivity index (χ2n) is 9.75. The Bertz CT molecular complexity index is 616. The Morgan fingerprint density at radius 1 is 1.00 bits per heavy atom. The Morgan fingerprint density at radius 2 is 1.64 bits per heavy atom. The standard InChI is InChI=1S/C23H37NO/c1-16-11-9-10-12-20(16)24-15-17-13-18(22(2,3)4)14-19(21(17)25-8)23(5,6)7/h13-16,20H,9-12H2,1-8H3.